The van der Waals surface area contributed by atoms with Crippen molar-refractivity contribution in [2.75, 3.05) is 33.4 Å². The quantitative estimate of drug-likeness (QED) is 0.673. The van der Waals surface area contributed by atoms with Gasteiger partial charge < -0.3 is 19.7 Å². The Labute approximate surface area is 162 Å². The van der Waals surface area contributed by atoms with Crippen molar-refractivity contribution >= 4 is 11.8 Å². The van der Waals surface area contributed by atoms with Crippen molar-refractivity contribution in [3.05, 3.63) is 24.3 Å². The highest BCUT2D eigenvalue weighted by Crippen LogP contribution is 2.21. The van der Waals surface area contributed by atoms with Gasteiger partial charge in [0, 0.05) is 24.9 Å². The van der Waals surface area contributed by atoms with Crippen LogP contribution in [0.25, 0.3) is 0 Å². The number of carbonyl (C=O) groups is 2. The number of nitrogens with one attached hydrogen (secondary N) is 1. The SMILES string of the molecule is CCC(CC)C(=O)N1CCC(C(=O)NCCOc2ccc(OC)cc2)CC1. The highest BCUT2D eigenvalue weighted by molar-refractivity contribution is 5.81. The van der Waals surface area contributed by atoms with Gasteiger partial charge in [0.05, 0.1) is 13.7 Å². The first-order valence-corrected chi connectivity index (χ1v) is 9.92. The number of nitrogens with zero attached hydrogens (tertiary/aromatic N) is 1. The van der Waals surface area contributed by atoms with Gasteiger partial charge in [0.1, 0.15) is 18.1 Å². The second kappa shape index (κ2) is 10.8. The third-order valence-electron chi connectivity index (χ3n) is 5.24. The summed E-state index contributed by atoms with van der Waals surface area (Å²) in [6.07, 6.45) is 3.22. The van der Waals surface area contributed by atoms with Crippen molar-refractivity contribution in [2.24, 2.45) is 11.8 Å². The number of carbonyl (C=O) groups excluding carboxylic acids is 2. The van der Waals surface area contributed by atoms with Crippen LogP contribution in [0.1, 0.15) is 39.5 Å². The molecule has 1 aliphatic rings. The Morgan fingerprint density at radius 1 is 1.11 bits per heavy atom. The lowest BCUT2D eigenvalue weighted by molar-refractivity contribution is -0.139. The Bertz CT molecular complexity index is 591. The fraction of sp³-hybridized carbons (Fsp3) is 0.619. The van der Waals surface area contributed by atoms with Crippen LogP contribution >= 0.6 is 0 Å². The topological polar surface area (TPSA) is 67.9 Å². The van der Waals surface area contributed by atoms with E-state index in [-0.39, 0.29) is 23.7 Å². The molecule has 1 aliphatic heterocycles. The molecule has 6 heteroatoms. The summed E-state index contributed by atoms with van der Waals surface area (Å²) < 4.78 is 10.7. The lowest BCUT2D eigenvalue weighted by atomic mass is 9.94. The first-order chi connectivity index (χ1) is 13.1. The van der Waals surface area contributed by atoms with Gasteiger partial charge in [-0.3, -0.25) is 9.59 Å². The molecule has 2 rings (SSSR count). The van der Waals surface area contributed by atoms with E-state index in [9.17, 15) is 9.59 Å². The van der Waals surface area contributed by atoms with Crippen LogP contribution in [0.4, 0.5) is 0 Å². The number of benzene rings is 1. The fourth-order valence-electron chi connectivity index (χ4n) is 3.42. The van der Waals surface area contributed by atoms with Crippen molar-refractivity contribution in [1.29, 1.82) is 0 Å². The minimum absolute atomic E-state index is 0.0169. The molecule has 1 fully saturated rings. The number of rotatable bonds is 9. The maximum Gasteiger partial charge on any atom is 0.225 e. The van der Waals surface area contributed by atoms with E-state index in [2.05, 4.69) is 19.2 Å². The zero-order chi connectivity index (χ0) is 19.6. The summed E-state index contributed by atoms with van der Waals surface area (Å²) in [6.45, 7) is 6.36. The first kappa shape index (κ1) is 21.1. The molecule has 0 saturated carbocycles. The van der Waals surface area contributed by atoms with Gasteiger partial charge in [-0.2, -0.15) is 0 Å². The predicted octanol–water partition coefficient (Wildman–Crippen LogP) is 2.87. The molecular formula is C21H32N2O4. The van der Waals surface area contributed by atoms with Gasteiger partial charge >= 0.3 is 0 Å². The molecule has 0 radical (unpaired) electrons. The smallest absolute Gasteiger partial charge is 0.225 e. The molecule has 27 heavy (non-hydrogen) atoms. The van der Waals surface area contributed by atoms with Crippen molar-refractivity contribution < 1.29 is 19.1 Å². The minimum Gasteiger partial charge on any atom is -0.497 e. The van der Waals surface area contributed by atoms with Gasteiger partial charge in [0.15, 0.2) is 0 Å². The third-order valence-corrected chi connectivity index (χ3v) is 5.24. The van der Waals surface area contributed by atoms with Crippen LogP contribution in [0, 0.1) is 11.8 Å². The summed E-state index contributed by atoms with van der Waals surface area (Å²) in [5.74, 6) is 1.93. The van der Waals surface area contributed by atoms with Gasteiger partial charge in [0.25, 0.3) is 0 Å². The Hall–Kier alpha value is -2.24. The van der Waals surface area contributed by atoms with E-state index in [0.29, 0.717) is 26.2 Å². The summed E-state index contributed by atoms with van der Waals surface area (Å²) >= 11 is 0. The first-order valence-electron chi connectivity index (χ1n) is 9.92. The second-order valence-electron chi connectivity index (χ2n) is 6.93. The van der Waals surface area contributed by atoms with Crippen LogP contribution in [0.2, 0.25) is 0 Å². The number of methoxy groups -OCH3 is 1. The van der Waals surface area contributed by atoms with Gasteiger partial charge in [-0.1, -0.05) is 13.8 Å². The highest BCUT2D eigenvalue weighted by atomic mass is 16.5. The molecular weight excluding hydrogens is 344 g/mol. The fourth-order valence-corrected chi connectivity index (χ4v) is 3.42. The number of amides is 2. The van der Waals surface area contributed by atoms with Crippen LogP contribution < -0.4 is 14.8 Å². The summed E-state index contributed by atoms with van der Waals surface area (Å²) in [5.41, 5.74) is 0. The molecule has 1 aromatic rings. The zero-order valence-electron chi connectivity index (χ0n) is 16.7. The summed E-state index contributed by atoms with van der Waals surface area (Å²) in [5, 5.41) is 2.94. The molecule has 0 unspecified atom stereocenters. The second-order valence-corrected chi connectivity index (χ2v) is 6.93. The lowest BCUT2D eigenvalue weighted by Crippen LogP contribution is -2.45. The van der Waals surface area contributed by atoms with Crippen molar-refractivity contribution in [3.8, 4) is 11.5 Å². The van der Waals surface area contributed by atoms with E-state index >= 15 is 0 Å². The zero-order valence-corrected chi connectivity index (χ0v) is 16.7. The summed E-state index contributed by atoms with van der Waals surface area (Å²) in [4.78, 5) is 26.7. The van der Waals surface area contributed by atoms with Gasteiger partial charge in [-0.25, -0.2) is 0 Å². The molecule has 0 atom stereocenters. The van der Waals surface area contributed by atoms with Gasteiger partial charge in [-0.05, 0) is 49.9 Å². The van der Waals surface area contributed by atoms with Crippen LogP contribution in [-0.2, 0) is 9.59 Å². The molecule has 0 aliphatic carbocycles. The Balaban J connectivity index is 1.66. The summed E-state index contributed by atoms with van der Waals surface area (Å²) in [7, 11) is 1.62. The standard InChI is InChI=1S/C21H32N2O4/c1-4-16(5-2)21(25)23-13-10-17(11-14-23)20(24)22-12-15-27-19-8-6-18(26-3)7-9-19/h6-9,16-17H,4-5,10-15H2,1-3H3,(H,22,24). The molecule has 1 aromatic carbocycles. The molecule has 1 saturated heterocycles. The van der Waals surface area contributed by atoms with Crippen LogP contribution in [0.3, 0.4) is 0 Å². The van der Waals surface area contributed by atoms with Gasteiger partial charge in [0.2, 0.25) is 11.8 Å². The molecule has 2 amide bonds. The third kappa shape index (κ3) is 6.15. The Morgan fingerprint density at radius 2 is 1.70 bits per heavy atom. The lowest BCUT2D eigenvalue weighted by Gasteiger charge is -2.33. The molecule has 150 valence electrons. The average Bonchev–Trinajstić information content (AvgIpc) is 2.72. The number of ether oxygens (including phenoxy) is 2. The number of hydrogen-bond acceptors (Lipinski definition) is 4. The molecule has 0 spiro atoms. The highest BCUT2D eigenvalue weighted by Gasteiger charge is 2.29. The predicted molar refractivity (Wildman–Crippen MR) is 105 cm³/mol. The minimum atomic E-state index is -0.0169. The normalized spacial score (nSPS) is 14.9. The van der Waals surface area contributed by atoms with E-state index in [1.165, 1.54) is 0 Å². The number of hydrogen-bond donors (Lipinski definition) is 1. The van der Waals surface area contributed by atoms with Crippen LogP contribution in [0.15, 0.2) is 24.3 Å². The molecule has 0 aromatic heterocycles. The van der Waals surface area contributed by atoms with Gasteiger partial charge in [-0.15, -0.1) is 0 Å². The van der Waals surface area contributed by atoms with Crippen molar-refractivity contribution in [1.82, 2.24) is 10.2 Å². The van der Waals surface area contributed by atoms with E-state index in [4.69, 9.17) is 9.47 Å². The maximum atomic E-state index is 12.4. The van der Waals surface area contributed by atoms with E-state index in [1.54, 1.807) is 7.11 Å². The number of piperidine rings is 1. The van der Waals surface area contributed by atoms with E-state index < -0.39 is 0 Å². The molecule has 1 heterocycles. The average molecular weight is 376 g/mol. The molecule has 0 bridgehead atoms. The van der Waals surface area contributed by atoms with Crippen LogP contribution in [-0.4, -0.2) is 50.1 Å². The molecule has 1 N–H and O–H groups in total. The van der Waals surface area contributed by atoms with E-state index in [1.807, 2.05) is 29.2 Å². The largest absolute Gasteiger partial charge is 0.497 e. The molecule has 6 nitrogen and oxygen atoms in total. The van der Waals surface area contributed by atoms with Crippen molar-refractivity contribution in [2.45, 2.75) is 39.5 Å². The monoisotopic (exact) mass is 376 g/mol. The van der Waals surface area contributed by atoms with Crippen molar-refractivity contribution in [3.63, 3.8) is 0 Å². The maximum absolute atomic E-state index is 12.4. The Morgan fingerprint density at radius 3 is 2.26 bits per heavy atom. The van der Waals surface area contributed by atoms with Crippen LogP contribution in [0.5, 0.6) is 11.5 Å². The summed E-state index contributed by atoms with van der Waals surface area (Å²) in [6, 6.07) is 7.36. The Kier molecular flexibility index (Phi) is 8.43. The van der Waals surface area contributed by atoms with E-state index in [0.717, 1.165) is 37.2 Å². The number of likely N-dealkylation sites (tertiary alicyclic amines) is 1.